The summed E-state index contributed by atoms with van der Waals surface area (Å²) in [5.41, 5.74) is 0. The van der Waals surface area contributed by atoms with Crippen molar-refractivity contribution in [2.45, 2.75) is 0 Å². The van der Waals surface area contributed by atoms with Crippen LogP contribution in [0.3, 0.4) is 0 Å². The third-order valence-corrected chi connectivity index (χ3v) is 5.00. The van der Waals surface area contributed by atoms with Gasteiger partial charge in [-0.25, -0.2) is 9.13 Å². The van der Waals surface area contributed by atoms with Gasteiger partial charge in [0.25, 0.3) is 0 Å². The van der Waals surface area contributed by atoms with E-state index < -0.39 is 14.6 Å². The molecule has 0 atom stereocenters. The van der Waals surface area contributed by atoms with Crippen LogP contribution < -0.4 is 0 Å². The summed E-state index contributed by atoms with van der Waals surface area (Å²) in [6.07, 6.45) is 0. The fourth-order valence-corrected chi connectivity index (χ4v) is 2.29. The van der Waals surface area contributed by atoms with Crippen LogP contribution in [-0.2, 0) is 37.9 Å². The van der Waals surface area contributed by atoms with Crippen molar-refractivity contribution in [3.63, 3.8) is 0 Å². The lowest BCUT2D eigenvalue weighted by molar-refractivity contribution is -0.505. The smallest absolute Gasteiger partial charge is 0.241 e. The van der Waals surface area contributed by atoms with Crippen molar-refractivity contribution >= 4 is 14.6 Å². The Hall–Kier alpha value is 0.220. The molecule has 10 heteroatoms. The molecule has 0 aromatic carbocycles. The molecule has 2 saturated heterocycles. The minimum absolute atomic E-state index is 3.61. The van der Waals surface area contributed by atoms with E-state index in [0.717, 1.165) is 0 Å². The van der Waals surface area contributed by atoms with E-state index >= 15 is 0 Å². The van der Waals surface area contributed by atoms with Crippen LogP contribution in [0.2, 0.25) is 0 Å². The summed E-state index contributed by atoms with van der Waals surface area (Å²) in [6.45, 7) is 0. The summed E-state index contributed by atoms with van der Waals surface area (Å²) in [4.78, 5) is 0. The monoisotopic (exact) mass is 190 g/mol. The Balaban J connectivity index is 2.24. The highest BCUT2D eigenvalue weighted by Gasteiger charge is 2.67. The normalized spacial score (nSPS) is 34.0. The lowest BCUT2D eigenvalue weighted by Gasteiger charge is -2.29. The van der Waals surface area contributed by atoms with Crippen molar-refractivity contribution in [2.75, 3.05) is 0 Å². The first kappa shape index (κ1) is 6.90. The maximum absolute atomic E-state index is 10.8. The Bertz CT molecular complexity index is 198. The molecule has 0 radical (unpaired) electrons. The molecule has 8 nitrogen and oxygen atoms in total. The quantitative estimate of drug-likeness (QED) is 0.447. The highest BCUT2D eigenvalue weighted by Crippen LogP contribution is 2.90. The first-order valence-corrected chi connectivity index (χ1v) is 5.75. The highest BCUT2D eigenvalue weighted by atomic mass is 32.1. The summed E-state index contributed by atoms with van der Waals surface area (Å²) in [6, 6.07) is 0. The molecule has 2 fully saturated rings. The van der Waals surface area contributed by atoms with Crippen molar-refractivity contribution < 1.29 is 37.9 Å². The lowest BCUT2D eigenvalue weighted by atomic mass is 14.5. The van der Waals surface area contributed by atoms with E-state index in [1.807, 2.05) is 0 Å². The van der Waals surface area contributed by atoms with Crippen LogP contribution in [0.1, 0.15) is 0 Å². The molecule has 2 heterocycles. The predicted molar refractivity (Wildman–Crippen MR) is 21.7 cm³/mol. The Morgan fingerprint density at radius 2 is 1.00 bits per heavy atom. The molecular weight excluding hydrogens is 190 g/mol. The molecule has 0 aromatic heterocycles. The van der Waals surface area contributed by atoms with Crippen molar-refractivity contribution in [1.29, 1.82) is 0 Å². The largest absolute Gasteiger partial charge is 0.503 e. The van der Waals surface area contributed by atoms with E-state index in [9.17, 15) is 9.13 Å². The molecule has 0 bridgehead atoms. The molecule has 2 aliphatic heterocycles. The van der Waals surface area contributed by atoms with Gasteiger partial charge in [-0.05, 0) is 10.1 Å². The molecule has 0 spiro atoms. The minimum atomic E-state index is -3.85. The van der Waals surface area contributed by atoms with Crippen molar-refractivity contribution in [1.82, 2.24) is 0 Å². The van der Waals surface area contributed by atoms with Crippen molar-refractivity contribution in [3.05, 3.63) is 0 Å². The summed E-state index contributed by atoms with van der Waals surface area (Å²) >= 11 is 0. The Morgan fingerprint density at radius 1 is 0.700 bits per heavy atom. The van der Waals surface area contributed by atoms with Crippen LogP contribution in [0.4, 0.5) is 0 Å². The van der Waals surface area contributed by atoms with E-state index in [0.29, 0.717) is 0 Å². The van der Waals surface area contributed by atoms with Crippen LogP contribution in [0.25, 0.3) is 0 Å². The van der Waals surface area contributed by atoms with E-state index in [1.54, 1.807) is 0 Å². The lowest BCUT2D eigenvalue weighted by Crippen LogP contribution is -2.15. The van der Waals surface area contributed by atoms with Gasteiger partial charge in [-0.3, -0.25) is 0 Å². The topological polar surface area (TPSA) is 89.5 Å². The van der Waals surface area contributed by atoms with Crippen LogP contribution in [0.15, 0.2) is 0 Å². The Kier molecular flexibility index (Phi) is 1.30. The zero-order chi connectivity index (χ0) is 7.24. The van der Waals surface area contributed by atoms with E-state index in [2.05, 4.69) is 28.8 Å². The first-order chi connectivity index (χ1) is 4.66. The highest BCUT2D eigenvalue weighted by molar-refractivity contribution is 8.28. The first-order valence-electron chi connectivity index (χ1n) is 1.96. The maximum Gasteiger partial charge on any atom is 0.503 e. The summed E-state index contributed by atoms with van der Waals surface area (Å²) in [5.74, 6) is 0. The number of rotatable bonds is 1. The van der Waals surface area contributed by atoms with Gasteiger partial charge in [0.05, 0.1) is 0 Å². The fraction of sp³-hybridized carbons (Fsp3) is 0. The SMILES string of the molecule is O=P1(P2(=O)OOO2)OOO1. The van der Waals surface area contributed by atoms with E-state index in [1.165, 1.54) is 0 Å². The van der Waals surface area contributed by atoms with Crippen LogP contribution in [0.5, 0.6) is 0 Å². The molecule has 0 aromatic rings. The zero-order valence-electron chi connectivity index (χ0n) is 4.16. The minimum Gasteiger partial charge on any atom is -0.241 e. The third kappa shape index (κ3) is 0.674. The molecule has 2 aliphatic rings. The van der Waals surface area contributed by atoms with Gasteiger partial charge in [0.2, 0.25) is 0 Å². The Labute approximate surface area is 53.6 Å². The summed E-state index contributed by atoms with van der Waals surface area (Å²) < 4.78 is 37.1. The average Bonchev–Trinajstić information content (AvgIpc) is 1.77. The second kappa shape index (κ2) is 1.88. The average molecular weight is 190 g/mol. The predicted octanol–water partition coefficient (Wildman–Crippen LogP) is 1.07. The molecule has 0 aliphatic carbocycles. The van der Waals surface area contributed by atoms with Crippen LogP contribution in [0, 0.1) is 0 Å². The van der Waals surface area contributed by atoms with Gasteiger partial charge >= 0.3 is 14.6 Å². The fourth-order valence-electron chi connectivity index (χ4n) is 0.328. The van der Waals surface area contributed by atoms with Gasteiger partial charge in [-0.1, -0.05) is 0 Å². The molecule has 58 valence electrons. The summed E-state index contributed by atoms with van der Waals surface area (Å²) in [7, 11) is -7.69. The van der Waals surface area contributed by atoms with Crippen LogP contribution in [-0.4, -0.2) is 0 Å². The van der Waals surface area contributed by atoms with Crippen molar-refractivity contribution in [2.24, 2.45) is 0 Å². The van der Waals surface area contributed by atoms with Gasteiger partial charge in [0, 0.05) is 0 Å². The van der Waals surface area contributed by atoms with Crippen molar-refractivity contribution in [3.8, 4) is 0 Å². The van der Waals surface area contributed by atoms with Crippen LogP contribution >= 0.6 is 14.6 Å². The second-order valence-electron chi connectivity index (χ2n) is 1.37. The van der Waals surface area contributed by atoms with E-state index in [-0.39, 0.29) is 0 Å². The molecular formula is O8P2. The van der Waals surface area contributed by atoms with Gasteiger partial charge in [-0.2, -0.15) is 0 Å². The van der Waals surface area contributed by atoms with Gasteiger partial charge in [0.15, 0.2) is 0 Å². The molecule has 0 N–H and O–H groups in total. The molecule has 2 rings (SSSR count). The Morgan fingerprint density at radius 3 is 1.10 bits per heavy atom. The number of hydrogen-bond donors (Lipinski definition) is 0. The second-order valence-corrected chi connectivity index (χ2v) is 6.78. The summed E-state index contributed by atoms with van der Waals surface area (Å²) in [5, 5.41) is 7.22. The maximum atomic E-state index is 10.8. The molecule has 10 heavy (non-hydrogen) atoms. The molecule has 0 unspecified atom stereocenters. The zero-order valence-corrected chi connectivity index (χ0v) is 5.95. The van der Waals surface area contributed by atoms with Gasteiger partial charge in [0.1, 0.15) is 0 Å². The standard InChI is InChI=1S/O8P2/c1-9(5-3-6-9)10(2)7-4-8-10. The number of hydrogen-bond acceptors (Lipinski definition) is 8. The van der Waals surface area contributed by atoms with Gasteiger partial charge < -0.3 is 0 Å². The molecule has 0 amide bonds. The van der Waals surface area contributed by atoms with E-state index in [4.69, 9.17) is 0 Å². The van der Waals surface area contributed by atoms with Gasteiger partial charge in [-0.15, -0.1) is 18.7 Å². The molecule has 0 saturated carbocycles. The third-order valence-electron chi connectivity index (χ3n) is 0.798.